The first-order valence-corrected chi connectivity index (χ1v) is 7.69. The Morgan fingerprint density at radius 3 is 2.39 bits per heavy atom. The third kappa shape index (κ3) is 5.82. The Hall–Kier alpha value is -2.22. The average Bonchev–Trinajstić information content (AvgIpc) is 2.83. The number of hydrogen-bond acceptors (Lipinski definition) is 7. The van der Waals surface area contributed by atoms with Gasteiger partial charge in [0.15, 0.2) is 5.92 Å². The van der Waals surface area contributed by atoms with Gasteiger partial charge in [0.1, 0.15) is 0 Å². The summed E-state index contributed by atoms with van der Waals surface area (Å²) in [6.45, 7) is 2.64. The van der Waals surface area contributed by atoms with Crippen LogP contribution in [0.25, 0.3) is 0 Å². The summed E-state index contributed by atoms with van der Waals surface area (Å²) in [6, 6.07) is 2.32. The van der Waals surface area contributed by atoms with E-state index in [1.807, 2.05) is 6.92 Å². The number of carbonyl (C=O) groups excluding carboxylic acids is 2. The van der Waals surface area contributed by atoms with Crippen LogP contribution in [0.4, 0.5) is 0 Å². The summed E-state index contributed by atoms with van der Waals surface area (Å²) in [6.07, 6.45) is 3.01. The van der Waals surface area contributed by atoms with Gasteiger partial charge in [-0.25, -0.2) is 4.79 Å². The largest absolute Gasteiger partial charge is 0.492 e. The van der Waals surface area contributed by atoms with E-state index in [1.165, 1.54) is 0 Å². The van der Waals surface area contributed by atoms with Crippen molar-refractivity contribution in [3.05, 3.63) is 12.1 Å². The molecule has 1 rings (SSSR count). The number of carbonyl (C=O) groups is 2. The molecule has 0 aliphatic rings. The van der Waals surface area contributed by atoms with E-state index in [9.17, 15) is 19.8 Å². The molecule has 0 fully saturated rings. The lowest BCUT2D eigenvalue weighted by Crippen LogP contribution is -2.33. The van der Waals surface area contributed by atoms with Gasteiger partial charge in [-0.3, -0.25) is 4.79 Å². The third-order valence-electron chi connectivity index (χ3n) is 3.24. The highest BCUT2D eigenvalue weighted by molar-refractivity contribution is 5.95. The number of rotatable bonds is 10. The topological polar surface area (TPSA) is 124 Å². The summed E-state index contributed by atoms with van der Waals surface area (Å²) < 4.78 is 5.62. The summed E-state index contributed by atoms with van der Waals surface area (Å²) >= 11 is 0. The fourth-order valence-electron chi connectivity index (χ4n) is 1.89. The molecule has 0 bridgehead atoms. The van der Waals surface area contributed by atoms with Crippen LogP contribution in [0.2, 0.25) is 0 Å². The smallest absolute Gasteiger partial charge is 0.347 e. The number of hydrogen-bond donors (Lipinski definition) is 3. The van der Waals surface area contributed by atoms with Gasteiger partial charge in [-0.15, -0.1) is 4.73 Å². The van der Waals surface area contributed by atoms with Crippen LogP contribution in [-0.4, -0.2) is 40.0 Å². The van der Waals surface area contributed by atoms with E-state index in [1.54, 1.807) is 0 Å². The number of esters is 1. The molecule has 0 saturated heterocycles. The van der Waals surface area contributed by atoms with Crippen LogP contribution in [0.15, 0.2) is 12.1 Å². The number of ether oxygens (including phenoxy) is 1. The van der Waals surface area contributed by atoms with Crippen molar-refractivity contribution in [1.29, 1.82) is 0 Å². The monoisotopic (exact) mass is 328 g/mol. The maximum Gasteiger partial charge on any atom is 0.347 e. The fourth-order valence-corrected chi connectivity index (χ4v) is 1.89. The molecule has 1 unspecified atom stereocenters. The van der Waals surface area contributed by atoms with Crippen LogP contribution < -0.4 is 10.6 Å². The van der Waals surface area contributed by atoms with Crippen LogP contribution in [0.5, 0.6) is 11.8 Å². The second-order valence-corrected chi connectivity index (χ2v) is 5.11. The minimum absolute atomic E-state index is 0.226. The van der Waals surface area contributed by atoms with Crippen molar-refractivity contribution in [3.63, 3.8) is 0 Å². The first-order chi connectivity index (χ1) is 11.0. The van der Waals surface area contributed by atoms with Gasteiger partial charge >= 0.3 is 11.9 Å². The fraction of sp³-hybridized carbons (Fsp3) is 0.600. The van der Waals surface area contributed by atoms with Crippen LogP contribution in [0, 0.1) is 5.92 Å². The second kappa shape index (κ2) is 9.73. The molecule has 1 aromatic heterocycles. The molecular weight excluding hydrogens is 304 g/mol. The van der Waals surface area contributed by atoms with E-state index in [-0.39, 0.29) is 13.0 Å². The molecule has 1 atom stereocenters. The van der Waals surface area contributed by atoms with Crippen molar-refractivity contribution < 1.29 is 29.4 Å². The molecule has 1 aromatic rings. The lowest BCUT2D eigenvalue weighted by molar-refractivity contribution is -0.163. The first-order valence-electron chi connectivity index (χ1n) is 7.69. The Morgan fingerprint density at radius 2 is 1.83 bits per heavy atom. The molecule has 8 nitrogen and oxygen atoms in total. The molecule has 0 amide bonds. The lowest BCUT2D eigenvalue weighted by Gasteiger charge is -2.15. The van der Waals surface area contributed by atoms with Crippen LogP contribution in [0.1, 0.15) is 39.0 Å². The molecule has 8 heteroatoms. The summed E-state index contributed by atoms with van der Waals surface area (Å²) in [7, 11) is 0. The molecule has 0 saturated carbocycles. The second-order valence-electron chi connectivity index (χ2n) is 5.11. The highest BCUT2D eigenvalue weighted by atomic mass is 16.7. The van der Waals surface area contributed by atoms with Crippen molar-refractivity contribution in [2.45, 2.75) is 39.0 Å². The molecule has 0 aliphatic carbocycles. The van der Waals surface area contributed by atoms with Gasteiger partial charge in [-0.2, -0.15) is 0 Å². The number of aromatic hydroxyl groups is 2. The Bertz CT molecular complexity index is 495. The molecule has 1 heterocycles. The van der Waals surface area contributed by atoms with Gasteiger partial charge in [0.25, 0.3) is 0 Å². The number of nitrogens with zero attached hydrogens (tertiary/aromatic N) is 1. The van der Waals surface area contributed by atoms with E-state index >= 15 is 0 Å². The molecule has 0 radical (unpaired) electrons. The van der Waals surface area contributed by atoms with Gasteiger partial charge in [0, 0.05) is 12.1 Å². The van der Waals surface area contributed by atoms with Gasteiger partial charge < -0.3 is 25.5 Å². The average molecular weight is 328 g/mol. The number of unbranched alkanes of at least 4 members (excludes halogenated alkanes) is 2. The van der Waals surface area contributed by atoms with E-state index < -0.39 is 29.6 Å². The van der Waals surface area contributed by atoms with Crippen LogP contribution in [0.3, 0.4) is 0 Å². The van der Waals surface area contributed by atoms with Crippen LogP contribution >= 0.6 is 0 Å². The minimum atomic E-state index is -1.13. The standard InChI is InChI=1S/C15H24N2O6/c1-2-3-10-22-14(20)11(6-4-5-9-16)15(21)23-17-12(18)7-8-13(17)19/h7-8,11,18-19H,2-6,9-10,16H2,1H3. The maximum atomic E-state index is 12.2. The quantitative estimate of drug-likeness (QED) is 0.332. The van der Waals surface area contributed by atoms with Gasteiger partial charge in [-0.05, 0) is 25.8 Å². The maximum absolute atomic E-state index is 12.2. The normalized spacial score (nSPS) is 11.9. The first kappa shape index (κ1) is 18.8. The molecule has 0 aromatic carbocycles. The van der Waals surface area contributed by atoms with Gasteiger partial charge in [0.05, 0.1) is 6.61 Å². The van der Waals surface area contributed by atoms with Gasteiger partial charge in [-0.1, -0.05) is 19.8 Å². The van der Waals surface area contributed by atoms with Crippen molar-refractivity contribution >= 4 is 11.9 Å². The number of nitrogens with two attached hydrogens (primary N) is 1. The Balaban J connectivity index is 2.72. The highest BCUT2D eigenvalue weighted by Gasteiger charge is 2.31. The summed E-state index contributed by atoms with van der Waals surface area (Å²) in [5.74, 6) is -3.59. The Morgan fingerprint density at radius 1 is 1.17 bits per heavy atom. The lowest BCUT2D eigenvalue weighted by atomic mass is 10.0. The van der Waals surface area contributed by atoms with E-state index in [2.05, 4.69) is 0 Å². The molecule has 130 valence electrons. The summed E-state index contributed by atoms with van der Waals surface area (Å²) in [5.41, 5.74) is 5.41. The van der Waals surface area contributed by atoms with Crippen molar-refractivity contribution in [2.24, 2.45) is 11.7 Å². The zero-order valence-corrected chi connectivity index (χ0v) is 13.2. The Labute approximate surface area is 134 Å². The highest BCUT2D eigenvalue weighted by Crippen LogP contribution is 2.20. The van der Waals surface area contributed by atoms with Crippen molar-refractivity contribution in [2.75, 3.05) is 13.2 Å². The van der Waals surface area contributed by atoms with Crippen molar-refractivity contribution in [1.82, 2.24) is 4.73 Å². The molecule has 0 spiro atoms. The molecule has 4 N–H and O–H groups in total. The minimum Gasteiger partial charge on any atom is -0.492 e. The van der Waals surface area contributed by atoms with Gasteiger partial charge in [0.2, 0.25) is 11.8 Å². The van der Waals surface area contributed by atoms with Crippen LogP contribution in [-0.2, 0) is 14.3 Å². The Kier molecular flexibility index (Phi) is 7.96. The van der Waals surface area contributed by atoms with Crippen molar-refractivity contribution in [3.8, 4) is 11.8 Å². The predicted molar refractivity (Wildman–Crippen MR) is 81.6 cm³/mol. The van der Waals surface area contributed by atoms with E-state index in [4.69, 9.17) is 15.3 Å². The molecule has 23 heavy (non-hydrogen) atoms. The molecular formula is C15H24N2O6. The predicted octanol–water partition coefficient (Wildman–Crippen LogP) is 0.943. The SMILES string of the molecule is CCCCOC(=O)C(CCCCN)C(=O)On1c(O)ccc1O. The third-order valence-corrected chi connectivity index (χ3v) is 3.24. The number of aromatic nitrogens is 1. The zero-order valence-electron chi connectivity index (χ0n) is 13.2. The summed E-state index contributed by atoms with van der Waals surface area (Å²) in [4.78, 5) is 29.1. The molecule has 0 aliphatic heterocycles. The summed E-state index contributed by atoms with van der Waals surface area (Å²) in [5, 5.41) is 19.0. The zero-order chi connectivity index (χ0) is 17.2. The van der Waals surface area contributed by atoms with E-state index in [0.29, 0.717) is 30.5 Å². The van der Waals surface area contributed by atoms with E-state index in [0.717, 1.165) is 18.6 Å².